The lowest BCUT2D eigenvalue weighted by molar-refractivity contribution is -0.157. The second-order valence-corrected chi connectivity index (χ2v) is 4.14. The van der Waals surface area contributed by atoms with Gasteiger partial charge in [0.15, 0.2) is 0 Å². The van der Waals surface area contributed by atoms with Gasteiger partial charge >= 0.3 is 6.18 Å². The second-order valence-electron chi connectivity index (χ2n) is 4.14. The number of aryl methyl sites for hydroxylation is 1. The van der Waals surface area contributed by atoms with E-state index in [0.717, 1.165) is 17.5 Å². The van der Waals surface area contributed by atoms with Crippen LogP contribution in [0.1, 0.15) is 23.6 Å². The van der Waals surface area contributed by atoms with Gasteiger partial charge in [0.25, 0.3) is 0 Å². The maximum atomic E-state index is 12.5. The van der Waals surface area contributed by atoms with Crippen LogP contribution in [-0.2, 0) is 19.4 Å². The number of nitrogens with one attached hydrogen (secondary N) is 1. The minimum absolute atomic E-state index is 0.0445. The molecule has 1 heterocycles. The van der Waals surface area contributed by atoms with Gasteiger partial charge in [0, 0.05) is 6.54 Å². The number of halogens is 3. The summed E-state index contributed by atoms with van der Waals surface area (Å²) in [5, 5.41) is 2.54. The van der Waals surface area contributed by atoms with E-state index in [1.54, 1.807) is 0 Å². The zero-order valence-electron chi connectivity index (χ0n) is 9.06. The first-order valence-corrected chi connectivity index (χ1v) is 5.41. The van der Waals surface area contributed by atoms with Gasteiger partial charge in [0.2, 0.25) is 0 Å². The molecule has 1 nitrogen and oxygen atoms in total. The molecule has 0 radical (unpaired) electrons. The zero-order valence-corrected chi connectivity index (χ0v) is 9.06. The normalized spacial score (nSPS) is 20.6. The van der Waals surface area contributed by atoms with E-state index in [4.69, 9.17) is 0 Å². The largest absolute Gasteiger partial charge is 0.404 e. The molecule has 0 fully saturated rings. The Balaban J connectivity index is 2.22. The molecule has 1 aliphatic heterocycles. The summed E-state index contributed by atoms with van der Waals surface area (Å²) in [7, 11) is 0. The average molecular weight is 229 g/mol. The monoisotopic (exact) mass is 229 g/mol. The highest BCUT2D eigenvalue weighted by Gasteiger charge is 2.41. The Morgan fingerprint density at radius 1 is 1.31 bits per heavy atom. The van der Waals surface area contributed by atoms with Crippen molar-refractivity contribution < 1.29 is 13.2 Å². The summed E-state index contributed by atoms with van der Waals surface area (Å²) in [6.45, 7) is 2.35. The number of benzene rings is 1. The molecule has 1 N–H and O–H groups in total. The SMILES string of the molecule is CCc1ccc2c(c1)CNC(C(F)(F)F)C2. The predicted molar refractivity (Wildman–Crippen MR) is 56.2 cm³/mol. The summed E-state index contributed by atoms with van der Waals surface area (Å²) in [6, 6.07) is 4.34. The van der Waals surface area contributed by atoms with Crippen LogP contribution in [0, 0.1) is 0 Å². The molecule has 1 aliphatic rings. The Morgan fingerprint density at radius 2 is 2.06 bits per heavy atom. The molecule has 0 saturated carbocycles. The van der Waals surface area contributed by atoms with Gasteiger partial charge in [0.1, 0.15) is 6.04 Å². The highest BCUT2D eigenvalue weighted by Crippen LogP contribution is 2.28. The third-order valence-corrected chi connectivity index (χ3v) is 3.04. The van der Waals surface area contributed by atoms with Crippen LogP contribution in [0.15, 0.2) is 18.2 Å². The van der Waals surface area contributed by atoms with Gasteiger partial charge < -0.3 is 5.32 Å². The first-order valence-electron chi connectivity index (χ1n) is 5.41. The van der Waals surface area contributed by atoms with Gasteiger partial charge in [-0.3, -0.25) is 0 Å². The summed E-state index contributed by atoms with van der Waals surface area (Å²) in [4.78, 5) is 0. The van der Waals surface area contributed by atoms with E-state index in [1.807, 2.05) is 25.1 Å². The molecule has 16 heavy (non-hydrogen) atoms. The maximum Gasteiger partial charge on any atom is 0.404 e. The average Bonchev–Trinajstić information content (AvgIpc) is 2.26. The van der Waals surface area contributed by atoms with Crippen molar-refractivity contribution in [1.29, 1.82) is 0 Å². The first-order chi connectivity index (χ1) is 7.50. The van der Waals surface area contributed by atoms with Gasteiger partial charge in [-0.1, -0.05) is 25.1 Å². The third kappa shape index (κ3) is 2.21. The minimum atomic E-state index is -4.15. The summed E-state index contributed by atoms with van der Waals surface area (Å²) in [5.74, 6) is 0. The molecule has 0 aromatic heterocycles. The molecular weight excluding hydrogens is 215 g/mol. The van der Waals surface area contributed by atoms with Gasteiger partial charge in [-0.15, -0.1) is 0 Å². The maximum absolute atomic E-state index is 12.5. The molecule has 88 valence electrons. The molecule has 0 aliphatic carbocycles. The van der Waals surface area contributed by atoms with E-state index in [1.165, 1.54) is 5.56 Å². The van der Waals surface area contributed by atoms with E-state index in [-0.39, 0.29) is 6.42 Å². The van der Waals surface area contributed by atoms with E-state index in [2.05, 4.69) is 5.32 Å². The van der Waals surface area contributed by atoms with Crippen molar-refractivity contribution in [3.8, 4) is 0 Å². The molecule has 1 aromatic rings. The standard InChI is InChI=1S/C12H14F3N/c1-2-8-3-4-9-6-11(12(13,14)15)16-7-10(9)5-8/h3-5,11,16H,2,6-7H2,1H3. The quantitative estimate of drug-likeness (QED) is 0.780. The van der Waals surface area contributed by atoms with E-state index in [9.17, 15) is 13.2 Å². The lowest BCUT2D eigenvalue weighted by atomic mass is 9.93. The second kappa shape index (κ2) is 4.09. The van der Waals surface area contributed by atoms with Crippen LogP contribution < -0.4 is 5.32 Å². The summed E-state index contributed by atoms with van der Waals surface area (Å²) in [5.41, 5.74) is 2.99. The van der Waals surface area contributed by atoms with Crippen molar-refractivity contribution in [2.45, 2.75) is 38.5 Å². The van der Waals surface area contributed by atoms with Crippen LogP contribution in [0.4, 0.5) is 13.2 Å². The number of hydrogen-bond donors (Lipinski definition) is 1. The van der Waals surface area contributed by atoms with Crippen molar-refractivity contribution in [1.82, 2.24) is 5.32 Å². The number of hydrogen-bond acceptors (Lipinski definition) is 1. The molecule has 1 unspecified atom stereocenters. The van der Waals surface area contributed by atoms with Crippen LogP contribution in [0.2, 0.25) is 0 Å². The molecule has 4 heteroatoms. The Labute approximate surface area is 92.7 Å². The van der Waals surface area contributed by atoms with Crippen molar-refractivity contribution in [3.63, 3.8) is 0 Å². The Kier molecular flexibility index (Phi) is 2.93. The molecule has 2 rings (SSSR count). The smallest absolute Gasteiger partial charge is 0.302 e. The molecule has 0 saturated heterocycles. The highest BCUT2D eigenvalue weighted by molar-refractivity contribution is 5.34. The molecule has 1 atom stereocenters. The Hall–Kier alpha value is -1.03. The predicted octanol–water partition coefficient (Wildman–Crippen LogP) is 2.83. The fraction of sp³-hybridized carbons (Fsp3) is 0.500. The highest BCUT2D eigenvalue weighted by atomic mass is 19.4. The van der Waals surface area contributed by atoms with Gasteiger partial charge in [-0.2, -0.15) is 13.2 Å². The van der Waals surface area contributed by atoms with E-state index in [0.29, 0.717) is 6.54 Å². The van der Waals surface area contributed by atoms with E-state index < -0.39 is 12.2 Å². The van der Waals surface area contributed by atoms with Gasteiger partial charge in [-0.25, -0.2) is 0 Å². The van der Waals surface area contributed by atoms with Crippen LogP contribution in [0.3, 0.4) is 0 Å². The number of alkyl halides is 3. The van der Waals surface area contributed by atoms with Crippen LogP contribution in [0.5, 0.6) is 0 Å². The van der Waals surface area contributed by atoms with Gasteiger partial charge in [0.05, 0.1) is 0 Å². The lowest BCUT2D eigenvalue weighted by Crippen LogP contribution is -2.46. The number of rotatable bonds is 1. The van der Waals surface area contributed by atoms with Crippen molar-refractivity contribution in [3.05, 3.63) is 34.9 Å². The third-order valence-electron chi connectivity index (χ3n) is 3.04. The zero-order chi connectivity index (χ0) is 11.8. The Bertz CT molecular complexity index is 384. The van der Waals surface area contributed by atoms with Crippen LogP contribution in [-0.4, -0.2) is 12.2 Å². The summed E-state index contributed by atoms with van der Waals surface area (Å²) < 4.78 is 37.6. The van der Waals surface area contributed by atoms with Crippen LogP contribution >= 0.6 is 0 Å². The fourth-order valence-electron chi connectivity index (χ4n) is 2.02. The fourth-order valence-corrected chi connectivity index (χ4v) is 2.02. The summed E-state index contributed by atoms with van der Waals surface area (Å²) >= 11 is 0. The molecule has 0 spiro atoms. The lowest BCUT2D eigenvalue weighted by Gasteiger charge is -2.28. The summed E-state index contributed by atoms with van der Waals surface area (Å²) in [6.07, 6.45) is -3.19. The first kappa shape index (κ1) is 11.5. The van der Waals surface area contributed by atoms with Crippen molar-refractivity contribution in [2.75, 3.05) is 0 Å². The molecular formula is C12H14F3N. The van der Waals surface area contributed by atoms with Crippen molar-refractivity contribution in [2.24, 2.45) is 0 Å². The van der Waals surface area contributed by atoms with Crippen LogP contribution in [0.25, 0.3) is 0 Å². The number of fused-ring (bicyclic) bond motifs is 1. The Morgan fingerprint density at radius 3 is 2.69 bits per heavy atom. The molecule has 0 bridgehead atoms. The molecule has 0 amide bonds. The molecule has 1 aromatic carbocycles. The van der Waals surface area contributed by atoms with Crippen molar-refractivity contribution >= 4 is 0 Å². The van der Waals surface area contributed by atoms with E-state index >= 15 is 0 Å². The van der Waals surface area contributed by atoms with Gasteiger partial charge in [-0.05, 0) is 29.5 Å². The topological polar surface area (TPSA) is 12.0 Å². The minimum Gasteiger partial charge on any atom is -0.302 e.